The Labute approximate surface area is 264 Å². The minimum absolute atomic E-state index is 0.0232. The number of nitrogens with one attached hydrogen (secondary N) is 1. The number of carbonyl (C=O) groups is 4. The molecule has 0 aliphatic heterocycles. The first-order chi connectivity index (χ1) is 20.5. The van der Waals surface area contributed by atoms with Gasteiger partial charge in [0.25, 0.3) is 0 Å². The van der Waals surface area contributed by atoms with E-state index in [2.05, 4.69) is 5.32 Å². The number of aliphatic hydroxyl groups is 3. The molecular formula is C34H50N2O9. The average Bonchev–Trinajstić information content (AvgIpc) is 2.88. The third kappa shape index (κ3) is 5.34. The smallest absolute Gasteiger partial charge is 0.407 e. The molecule has 2 amide bonds. The van der Waals surface area contributed by atoms with E-state index in [9.17, 15) is 39.6 Å². The van der Waals surface area contributed by atoms with E-state index in [1.807, 2.05) is 41.5 Å². The fraction of sp³-hybridized carbons (Fsp3) is 0.706. The molecule has 0 radical (unpaired) electrons. The van der Waals surface area contributed by atoms with Crippen molar-refractivity contribution in [1.82, 2.24) is 5.32 Å². The van der Waals surface area contributed by atoms with Gasteiger partial charge in [-0.3, -0.25) is 14.4 Å². The zero-order chi connectivity index (χ0) is 34.2. The molecule has 0 spiro atoms. The molecule has 3 aliphatic rings. The van der Waals surface area contributed by atoms with Gasteiger partial charge < -0.3 is 36.2 Å². The van der Waals surface area contributed by atoms with Gasteiger partial charge in [0.2, 0.25) is 5.91 Å². The summed E-state index contributed by atoms with van der Waals surface area (Å²) in [4.78, 5) is 53.2. The van der Waals surface area contributed by atoms with Crippen molar-refractivity contribution >= 4 is 23.6 Å². The average molecular weight is 631 g/mol. The summed E-state index contributed by atoms with van der Waals surface area (Å²) in [6.45, 7) is 16.8. The van der Waals surface area contributed by atoms with E-state index in [0.29, 0.717) is 5.56 Å². The van der Waals surface area contributed by atoms with Crippen molar-refractivity contribution in [1.29, 1.82) is 0 Å². The van der Waals surface area contributed by atoms with Crippen LogP contribution in [-0.2, 0) is 27.3 Å². The van der Waals surface area contributed by atoms with E-state index in [1.54, 1.807) is 26.8 Å². The largest absolute Gasteiger partial charge is 0.507 e. The van der Waals surface area contributed by atoms with Crippen LogP contribution in [0.3, 0.4) is 0 Å². The monoisotopic (exact) mass is 630 g/mol. The predicted octanol–water partition coefficient (Wildman–Crippen LogP) is 2.97. The van der Waals surface area contributed by atoms with Crippen LogP contribution in [0.15, 0.2) is 6.07 Å². The molecule has 250 valence electrons. The number of benzene rings is 1. The number of primary amides is 1. The van der Waals surface area contributed by atoms with E-state index in [1.165, 1.54) is 0 Å². The number of rotatable bonds is 6. The maximum absolute atomic E-state index is 14.5. The van der Waals surface area contributed by atoms with E-state index in [-0.39, 0.29) is 60.1 Å². The molecule has 11 nitrogen and oxygen atoms in total. The topological polar surface area (TPSA) is 196 Å². The molecule has 1 aromatic carbocycles. The molecule has 0 aromatic heterocycles. The standard InChI is InChI=1S/C34H50N2O9/c1-15(2)18-10-17(12-36-30(43)45-14-31(5,6)7)24(37)20-19(18)11-32(8)13-33(9)22(16(3)4)26(39)21(29(35)42)27(40)34(33,44)28(41)23(32)25(20)38/h10,15-16,21-23,26,28,37,39,41,44H,11-14H2,1-9H3,(H2,35,42)(H,36,43)/t21-,22+,23-,26?,28?,32-,33-,34+/m1/s1. The number of phenolic OH excluding ortho intramolecular Hbond substituents is 1. The summed E-state index contributed by atoms with van der Waals surface area (Å²) in [6, 6.07) is 1.76. The van der Waals surface area contributed by atoms with Gasteiger partial charge in [-0.05, 0) is 58.6 Å². The lowest BCUT2D eigenvalue weighted by atomic mass is 9.39. The van der Waals surface area contributed by atoms with Crippen LogP contribution in [0.5, 0.6) is 5.75 Å². The highest BCUT2D eigenvalue weighted by Gasteiger charge is 2.76. The second kappa shape index (κ2) is 11.3. The summed E-state index contributed by atoms with van der Waals surface area (Å²) >= 11 is 0. The van der Waals surface area contributed by atoms with Crippen LogP contribution in [0.2, 0.25) is 0 Å². The summed E-state index contributed by atoms with van der Waals surface area (Å²) in [5.74, 6) is -7.54. The Balaban J connectivity index is 1.84. The predicted molar refractivity (Wildman–Crippen MR) is 165 cm³/mol. The lowest BCUT2D eigenvalue weighted by Crippen LogP contribution is -2.79. The Morgan fingerprint density at radius 2 is 1.73 bits per heavy atom. The summed E-state index contributed by atoms with van der Waals surface area (Å²) in [5, 5.41) is 49.7. The first kappa shape index (κ1) is 34.8. The van der Waals surface area contributed by atoms with Crippen LogP contribution < -0.4 is 11.1 Å². The van der Waals surface area contributed by atoms with Crippen molar-refractivity contribution in [2.24, 2.45) is 45.7 Å². The molecule has 0 bridgehead atoms. The van der Waals surface area contributed by atoms with E-state index in [0.717, 1.165) is 5.56 Å². The molecule has 2 fully saturated rings. The molecule has 2 saturated carbocycles. The summed E-state index contributed by atoms with van der Waals surface area (Å²) in [6.07, 6.45) is -3.82. The molecule has 0 saturated heterocycles. The summed E-state index contributed by atoms with van der Waals surface area (Å²) < 4.78 is 5.27. The Kier molecular flexibility index (Phi) is 8.79. The first-order valence-electron chi connectivity index (χ1n) is 15.8. The van der Waals surface area contributed by atoms with Crippen molar-refractivity contribution in [2.45, 2.75) is 105 Å². The molecule has 2 unspecified atom stereocenters. The Morgan fingerprint density at radius 1 is 1.13 bits per heavy atom. The zero-order valence-electron chi connectivity index (χ0n) is 27.9. The third-order valence-electron chi connectivity index (χ3n) is 10.6. The molecule has 11 heteroatoms. The van der Waals surface area contributed by atoms with Gasteiger partial charge in [-0.25, -0.2) is 4.79 Å². The van der Waals surface area contributed by atoms with Crippen LogP contribution >= 0.6 is 0 Å². The minimum Gasteiger partial charge on any atom is -0.507 e. The number of nitrogens with two attached hydrogens (primary N) is 1. The summed E-state index contributed by atoms with van der Waals surface area (Å²) in [5.41, 5.74) is 1.94. The van der Waals surface area contributed by atoms with Crippen LogP contribution in [-0.4, -0.2) is 68.4 Å². The van der Waals surface area contributed by atoms with E-state index >= 15 is 0 Å². The fourth-order valence-corrected chi connectivity index (χ4v) is 8.84. The molecular weight excluding hydrogens is 580 g/mol. The number of phenols is 1. The number of ketones is 2. The third-order valence-corrected chi connectivity index (χ3v) is 10.6. The molecule has 3 aliphatic carbocycles. The quantitative estimate of drug-likeness (QED) is 0.256. The normalized spacial score (nSPS) is 34.7. The number of amides is 2. The Bertz CT molecular complexity index is 1410. The number of aliphatic hydroxyl groups excluding tert-OH is 2. The molecule has 1 aromatic rings. The molecule has 7 N–H and O–H groups in total. The Morgan fingerprint density at radius 3 is 2.24 bits per heavy atom. The van der Waals surface area contributed by atoms with Gasteiger partial charge in [-0.2, -0.15) is 0 Å². The van der Waals surface area contributed by atoms with Gasteiger partial charge in [-0.15, -0.1) is 0 Å². The number of Topliss-reactive ketones (excluding diaryl/α,β-unsaturated/α-hetero) is 2. The number of hydrogen-bond donors (Lipinski definition) is 6. The lowest BCUT2D eigenvalue weighted by Gasteiger charge is -2.66. The second-order valence-corrected chi connectivity index (χ2v) is 16.0. The van der Waals surface area contributed by atoms with Crippen LogP contribution in [0.1, 0.15) is 102 Å². The van der Waals surface area contributed by atoms with Crippen molar-refractivity contribution < 1.29 is 44.3 Å². The first-order valence-corrected chi connectivity index (χ1v) is 15.8. The zero-order valence-corrected chi connectivity index (χ0v) is 27.9. The van der Waals surface area contributed by atoms with Crippen molar-refractivity contribution in [2.75, 3.05) is 6.61 Å². The minimum atomic E-state index is -2.58. The fourth-order valence-electron chi connectivity index (χ4n) is 8.84. The molecule has 45 heavy (non-hydrogen) atoms. The van der Waals surface area contributed by atoms with Gasteiger partial charge in [-0.1, -0.05) is 62.3 Å². The lowest BCUT2D eigenvalue weighted by molar-refractivity contribution is -0.265. The summed E-state index contributed by atoms with van der Waals surface area (Å²) in [7, 11) is 0. The van der Waals surface area contributed by atoms with Crippen LogP contribution in [0, 0.1) is 39.9 Å². The Hall–Kier alpha value is -3.02. The van der Waals surface area contributed by atoms with Gasteiger partial charge >= 0.3 is 6.09 Å². The van der Waals surface area contributed by atoms with Crippen molar-refractivity contribution in [3.63, 3.8) is 0 Å². The number of hydrogen-bond acceptors (Lipinski definition) is 9. The van der Waals surface area contributed by atoms with E-state index < -0.39 is 70.0 Å². The molecule has 8 atom stereocenters. The molecule has 4 rings (SSSR count). The van der Waals surface area contributed by atoms with Crippen molar-refractivity contribution in [3.8, 4) is 5.75 Å². The van der Waals surface area contributed by atoms with Gasteiger partial charge in [0.1, 0.15) is 17.8 Å². The number of fused-ring (bicyclic) bond motifs is 3. The maximum atomic E-state index is 14.5. The molecule has 0 heterocycles. The number of ether oxygens (including phenoxy) is 1. The number of alkyl carbamates (subject to hydrolysis) is 1. The van der Waals surface area contributed by atoms with Crippen LogP contribution in [0.4, 0.5) is 4.79 Å². The highest BCUT2D eigenvalue weighted by molar-refractivity contribution is 6.09. The second-order valence-electron chi connectivity index (χ2n) is 16.0. The SMILES string of the molecule is CC(C)c1cc(CNC(=O)OCC(C)(C)C)c(O)c2c1C[C@]1(C)C[C@]3(C)[C@@H](C(C)C)C(O)[C@@H](C(N)=O)C(=O)[C@]3(O)C(O)[C@H]1C2=O. The highest BCUT2D eigenvalue weighted by Crippen LogP contribution is 2.66. The maximum Gasteiger partial charge on any atom is 0.407 e. The van der Waals surface area contributed by atoms with Crippen molar-refractivity contribution in [3.05, 3.63) is 28.3 Å². The number of carbonyl (C=O) groups excluding carboxylic acids is 4. The van der Waals surface area contributed by atoms with E-state index in [4.69, 9.17) is 10.5 Å². The van der Waals surface area contributed by atoms with Crippen LogP contribution in [0.25, 0.3) is 0 Å². The van der Waals surface area contributed by atoms with Gasteiger partial charge in [0.15, 0.2) is 17.2 Å². The van der Waals surface area contributed by atoms with Gasteiger partial charge in [0, 0.05) is 17.5 Å². The highest BCUT2D eigenvalue weighted by atomic mass is 16.5. The number of aromatic hydroxyl groups is 1. The van der Waals surface area contributed by atoms with Gasteiger partial charge in [0.05, 0.1) is 24.2 Å².